The quantitative estimate of drug-likeness (QED) is 0.798. The summed E-state index contributed by atoms with van der Waals surface area (Å²) in [5, 5.41) is 0. The lowest BCUT2D eigenvalue weighted by Gasteiger charge is -2.17. The number of aryl methyl sites for hydroxylation is 1. The normalized spacial score (nSPS) is 14.1. The summed E-state index contributed by atoms with van der Waals surface area (Å²) in [5.41, 5.74) is 3.73. The first-order valence-electron chi connectivity index (χ1n) is 7.91. The number of nitrogens with zero attached hydrogens (tertiary/aromatic N) is 1. The number of carbonyl (C=O) groups is 1. The van der Waals surface area contributed by atoms with E-state index in [1.54, 1.807) is 24.5 Å². The molecule has 0 amide bonds. The first-order valence-corrected chi connectivity index (χ1v) is 7.91. The molecule has 1 aliphatic rings. The first-order chi connectivity index (χ1) is 10.7. The average Bonchev–Trinajstić information content (AvgIpc) is 2.79. The van der Waals surface area contributed by atoms with Gasteiger partial charge in [0.15, 0.2) is 5.78 Å². The van der Waals surface area contributed by atoms with Gasteiger partial charge in [-0.2, -0.15) is 0 Å². The van der Waals surface area contributed by atoms with Crippen molar-refractivity contribution in [3.05, 3.63) is 58.9 Å². The van der Waals surface area contributed by atoms with Crippen molar-refractivity contribution in [2.75, 3.05) is 6.61 Å². The number of pyridine rings is 1. The van der Waals surface area contributed by atoms with Crippen LogP contribution in [0.1, 0.15) is 59.7 Å². The van der Waals surface area contributed by atoms with E-state index < -0.39 is 0 Å². The molecule has 2 heterocycles. The lowest BCUT2D eigenvalue weighted by atomic mass is 9.92. The van der Waals surface area contributed by atoms with Crippen LogP contribution in [-0.2, 0) is 6.42 Å². The molecule has 0 aliphatic carbocycles. The molecule has 3 rings (SSSR count). The highest BCUT2D eigenvalue weighted by Crippen LogP contribution is 2.35. The minimum absolute atomic E-state index is 0.0522. The zero-order chi connectivity index (χ0) is 15.5. The standard InChI is InChI=1S/C19H21NO2/c1-13(2)17-12-16(18(21)14-6-8-20-9-7-14)11-15-5-3-4-10-22-19(15)17/h6-9,11-13H,3-5,10H2,1-2H3. The number of fused-ring (bicyclic) bond motifs is 1. The molecule has 0 unspecified atom stereocenters. The fourth-order valence-electron chi connectivity index (χ4n) is 2.90. The molecule has 1 aliphatic heterocycles. The molecule has 0 N–H and O–H groups in total. The third kappa shape index (κ3) is 2.89. The fraction of sp³-hybridized carbons (Fsp3) is 0.368. The third-order valence-electron chi connectivity index (χ3n) is 4.11. The zero-order valence-corrected chi connectivity index (χ0v) is 13.1. The van der Waals surface area contributed by atoms with Crippen LogP contribution in [0.5, 0.6) is 5.75 Å². The molecule has 3 heteroatoms. The van der Waals surface area contributed by atoms with E-state index in [4.69, 9.17) is 4.74 Å². The zero-order valence-electron chi connectivity index (χ0n) is 13.1. The minimum Gasteiger partial charge on any atom is -0.493 e. The SMILES string of the molecule is CC(C)c1cc(C(=O)c2ccncc2)cc2c1OCCCC2. The second kappa shape index (κ2) is 6.30. The van der Waals surface area contributed by atoms with Gasteiger partial charge in [-0.25, -0.2) is 0 Å². The van der Waals surface area contributed by atoms with Crippen molar-refractivity contribution in [3.63, 3.8) is 0 Å². The molecule has 0 saturated carbocycles. The number of hydrogen-bond acceptors (Lipinski definition) is 3. The molecule has 22 heavy (non-hydrogen) atoms. The van der Waals surface area contributed by atoms with Crippen molar-refractivity contribution in [1.82, 2.24) is 4.98 Å². The summed E-state index contributed by atoms with van der Waals surface area (Å²) in [7, 11) is 0. The molecule has 1 aromatic heterocycles. The number of hydrogen-bond donors (Lipinski definition) is 0. The van der Waals surface area contributed by atoms with Crippen molar-refractivity contribution in [2.45, 2.75) is 39.0 Å². The maximum Gasteiger partial charge on any atom is 0.193 e. The summed E-state index contributed by atoms with van der Waals surface area (Å²) in [6.45, 7) is 5.06. The largest absolute Gasteiger partial charge is 0.493 e. The molecule has 0 radical (unpaired) electrons. The van der Waals surface area contributed by atoms with Crippen LogP contribution in [0.3, 0.4) is 0 Å². The van der Waals surface area contributed by atoms with Crippen LogP contribution >= 0.6 is 0 Å². The Morgan fingerprint density at radius 1 is 1.14 bits per heavy atom. The van der Waals surface area contributed by atoms with Gasteiger partial charge in [-0.1, -0.05) is 13.8 Å². The molecular formula is C19H21NO2. The maximum atomic E-state index is 12.7. The van der Waals surface area contributed by atoms with Crippen LogP contribution < -0.4 is 4.74 Å². The topological polar surface area (TPSA) is 39.2 Å². The van der Waals surface area contributed by atoms with Crippen molar-refractivity contribution in [1.29, 1.82) is 0 Å². The van der Waals surface area contributed by atoms with Crippen molar-refractivity contribution >= 4 is 5.78 Å². The van der Waals surface area contributed by atoms with E-state index in [1.165, 1.54) is 5.56 Å². The maximum absolute atomic E-state index is 12.7. The summed E-state index contributed by atoms with van der Waals surface area (Å²) in [5.74, 6) is 1.38. The second-order valence-corrected chi connectivity index (χ2v) is 6.08. The Morgan fingerprint density at radius 2 is 1.91 bits per heavy atom. The summed E-state index contributed by atoms with van der Waals surface area (Å²) in [4.78, 5) is 16.7. The molecule has 114 valence electrons. The smallest absolute Gasteiger partial charge is 0.193 e. The van der Waals surface area contributed by atoms with E-state index >= 15 is 0 Å². The Labute approximate surface area is 131 Å². The van der Waals surface area contributed by atoms with Gasteiger partial charge in [0.25, 0.3) is 0 Å². The van der Waals surface area contributed by atoms with E-state index in [-0.39, 0.29) is 5.78 Å². The summed E-state index contributed by atoms with van der Waals surface area (Å²) in [6, 6.07) is 7.53. The molecular weight excluding hydrogens is 274 g/mol. The van der Waals surface area contributed by atoms with Crippen LogP contribution in [0.4, 0.5) is 0 Å². The number of ether oxygens (including phenoxy) is 1. The number of rotatable bonds is 3. The summed E-state index contributed by atoms with van der Waals surface area (Å²) in [6.07, 6.45) is 6.47. The van der Waals surface area contributed by atoms with Crippen LogP contribution in [0.15, 0.2) is 36.7 Å². The lowest BCUT2D eigenvalue weighted by molar-refractivity contribution is 0.103. The highest BCUT2D eigenvalue weighted by atomic mass is 16.5. The number of ketones is 1. The van der Waals surface area contributed by atoms with E-state index in [0.717, 1.165) is 42.7 Å². The van der Waals surface area contributed by atoms with Gasteiger partial charge in [0.1, 0.15) is 5.75 Å². The lowest BCUT2D eigenvalue weighted by Crippen LogP contribution is -2.07. The molecule has 1 aromatic carbocycles. The Kier molecular flexibility index (Phi) is 4.23. The summed E-state index contributed by atoms with van der Waals surface area (Å²) >= 11 is 0. The predicted molar refractivity (Wildman–Crippen MR) is 86.6 cm³/mol. The van der Waals surface area contributed by atoms with Gasteiger partial charge in [0, 0.05) is 23.5 Å². The second-order valence-electron chi connectivity index (χ2n) is 6.08. The third-order valence-corrected chi connectivity index (χ3v) is 4.11. The van der Waals surface area contributed by atoms with Crippen molar-refractivity contribution in [3.8, 4) is 5.75 Å². The highest BCUT2D eigenvalue weighted by molar-refractivity contribution is 6.09. The molecule has 0 bridgehead atoms. The van der Waals surface area contributed by atoms with E-state index in [2.05, 4.69) is 18.8 Å². The van der Waals surface area contributed by atoms with Gasteiger partial charge in [-0.3, -0.25) is 9.78 Å². The summed E-state index contributed by atoms with van der Waals surface area (Å²) < 4.78 is 5.96. The Morgan fingerprint density at radius 3 is 2.64 bits per heavy atom. The number of carbonyl (C=O) groups excluding carboxylic acids is 1. The average molecular weight is 295 g/mol. The van der Waals surface area contributed by atoms with E-state index in [1.807, 2.05) is 12.1 Å². The number of aromatic nitrogens is 1. The van der Waals surface area contributed by atoms with Crippen LogP contribution in [0.2, 0.25) is 0 Å². The predicted octanol–water partition coefficient (Wildman–Crippen LogP) is 4.15. The van der Waals surface area contributed by atoms with Crippen LogP contribution in [0.25, 0.3) is 0 Å². The molecule has 0 atom stereocenters. The first kappa shape index (κ1) is 14.8. The molecule has 0 saturated heterocycles. The molecule has 0 fully saturated rings. The van der Waals surface area contributed by atoms with Gasteiger partial charge in [0.05, 0.1) is 6.61 Å². The molecule has 3 nitrogen and oxygen atoms in total. The number of benzene rings is 1. The Balaban J connectivity index is 2.07. The highest BCUT2D eigenvalue weighted by Gasteiger charge is 2.20. The minimum atomic E-state index is 0.0522. The van der Waals surface area contributed by atoms with Gasteiger partial charge < -0.3 is 4.74 Å². The van der Waals surface area contributed by atoms with Gasteiger partial charge in [-0.05, 0) is 60.6 Å². The van der Waals surface area contributed by atoms with E-state index in [9.17, 15) is 4.79 Å². The van der Waals surface area contributed by atoms with Gasteiger partial charge in [-0.15, -0.1) is 0 Å². The van der Waals surface area contributed by atoms with Gasteiger partial charge >= 0.3 is 0 Å². The Hall–Kier alpha value is -2.16. The van der Waals surface area contributed by atoms with Gasteiger partial charge in [0.2, 0.25) is 0 Å². The van der Waals surface area contributed by atoms with Crippen molar-refractivity contribution in [2.24, 2.45) is 0 Å². The van der Waals surface area contributed by atoms with Crippen LogP contribution in [0, 0.1) is 0 Å². The fourth-order valence-corrected chi connectivity index (χ4v) is 2.90. The molecule has 2 aromatic rings. The molecule has 0 spiro atoms. The van der Waals surface area contributed by atoms with Crippen LogP contribution in [-0.4, -0.2) is 17.4 Å². The van der Waals surface area contributed by atoms with Crippen molar-refractivity contribution < 1.29 is 9.53 Å². The Bertz CT molecular complexity index is 677. The van der Waals surface area contributed by atoms with E-state index in [0.29, 0.717) is 11.5 Å². The monoisotopic (exact) mass is 295 g/mol.